The number of hydrogen-bond acceptors (Lipinski definition) is 6. The number of esters is 1. The summed E-state index contributed by atoms with van der Waals surface area (Å²) in [5.41, 5.74) is 1.02. The van der Waals surface area contributed by atoms with E-state index in [9.17, 15) is 19.7 Å². The number of non-ortho nitro benzene ring substituents is 1. The number of carbonyl (C=O) groups excluding carboxylic acids is 2. The third-order valence-corrected chi connectivity index (χ3v) is 3.48. The number of nitro groups is 1. The lowest BCUT2D eigenvalue weighted by Gasteiger charge is -2.12. The minimum atomic E-state index is -0.856. The lowest BCUT2D eigenvalue weighted by atomic mass is 10.1. The van der Waals surface area contributed by atoms with Gasteiger partial charge in [-0.2, -0.15) is 0 Å². The Hall–Kier alpha value is -3.86. The predicted molar refractivity (Wildman–Crippen MR) is 99.0 cm³/mol. The van der Waals surface area contributed by atoms with Gasteiger partial charge in [0.05, 0.1) is 17.0 Å². The number of ether oxygens (including phenoxy) is 1. The molecule has 0 bridgehead atoms. The molecule has 27 heavy (non-hydrogen) atoms. The second kappa shape index (κ2) is 9.58. The van der Waals surface area contributed by atoms with E-state index in [1.54, 1.807) is 0 Å². The second-order valence-electron chi connectivity index (χ2n) is 5.38. The molecule has 0 heterocycles. The van der Waals surface area contributed by atoms with Crippen molar-refractivity contribution in [3.05, 3.63) is 69.8 Å². The van der Waals surface area contributed by atoms with Crippen molar-refractivity contribution in [2.75, 3.05) is 18.5 Å². The zero-order valence-corrected chi connectivity index (χ0v) is 14.3. The number of amides is 1. The highest BCUT2D eigenvalue weighted by Crippen LogP contribution is 2.23. The predicted octanol–water partition coefficient (Wildman–Crippen LogP) is 2.11. The van der Waals surface area contributed by atoms with Crippen molar-refractivity contribution >= 4 is 23.3 Å². The van der Waals surface area contributed by atoms with Gasteiger partial charge < -0.3 is 15.4 Å². The van der Waals surface area contributed by atoms with E-state index in [1.807, 2.05) is 30.3 Å². The maximum absolute atomic E-state index is 12.3. The Balaban J connectivity index is 2.14. The molecule has 0 unspecified atom stereocenters. The van der Waals surface area contributed by atoms with E-state index in [-0.39, 0.29) is 17.8 Å². The highest BCUT2D eigenvalue weighted by Gasteiger charge is 2.19. The lowest BCUT2D eigenvalue weighted by Crippen LogP contribution is -2.29. The van der Waals surface area contributed by atoms with Gasteiger partial charge in [-0.15, -0.1) is 6.42 Å². The fourth-order valence-electron chi connectivity index (χ4n) is 2.17. The Labute approximate surface area is 155 Å². The van der Waals surface area contributed by atoms with Gasteiger partial charge in [0, 0.05) is 24.4 Å². The van der Waals surface area contributed by atoms with Crippen LogP contribution in [0.5, 0.6) is 0 Å². The normalized spacial score (nSPS) is 9.74. The molecule has 2 rings (SSSR count). The molecule has 138 valence electrons. The number of terminal acetylenes is 1. The molecular formula is C19H17N3O5. The van der Waals surface area contributed by atoms with Crippen molar-refractivity contribution in [3.63, 3.8) is 0 Å². The summed E-state index contributed by atoms with van der Waals surface area (Å²) in [7, 11) is 0. The molecule has 1 amide bonds. The van der Waals surface area contributed by atoms with E-state index in [4.69, 9.17) is 11.2 Å². The third kappa shape index (κ3) is 5.86. The topological polar surface area (TPSA) is 111 Å². The summed E-state index contributed by atoms with van der Waals surface area (Å²) in [6.07, 6.45) is 5.03. The van der Waals surface area contributed by atoms with E-state index >= 15 is 0 Å². The van der Waals surface area contributed by atoms with Gasteiger partial charge in [-0.05, 0) is 11.6 Å². The van der Waals surface area contributed by atoms with Crippen molar-refractivity contribution in [2.45, 2.75) is 6.54 Å². The molecular weight excluding hydrogens is 350 g/mol. The maximum Gasteiger partial charge on any atom is 0.341 e. The number of rotatable bonds is 8. The van der Waals surface area contributed by atoms with Gasteiger partial charge >= 0.3 is 5.97 Å². The average molecular weight is 367 g/mol. The van der Waals surface area contributed by atoms with Crippen molar-refractivity contribution in [1.29, 1.82) is 0 Å². The average Bonchev–Trinajstić information content (AvgIpc) is 2.69. The summed E-state index contributed by atoms with van der Waals surface area (Å²) in [5, 5.41) is 16.4. The Morgan fingerprint density at radius 2 is 1.93 bits per heavy atom. The standard InChI is InChI=1S/C19H17N3O5/c1-2-10-20-18(23)13-27-19(24)16-11-15(22(25)26)8-9-17(16)21-12-14-6-4-3-5-7-14/h1,3-9,11,21H,10,12-13H2,(H,20,23). The molecule has 0 aliphatic carbocycles. The summed E-state index contributed by atoms with van der Waals surface area (Å²) in [6, 6.07) is 13.2. The van der Waals surface area contributed by atoms with Gasteiger partial charge in [0.15, 0.2) is 6.61 Å². The van der Waals surface area contributed by atoms with E-state index < -0.39 is 23.4 Å². The number of nitrogens with one attached hydrogen (secondary N) is 2. The van der Waals surface area contributed by atoms with Crippen LogP contribution in [0.1, 0.15) is 15.9 Å². The molecule has 8 nitrogen and oxygen atoms in total. The highest BCUT2D eigenvalue weighted by molar-refractivity contribution is 5.97. The summed E-state index contributed by atoms with van der Waals surface area (Å²) in [5.74, 6) is 0.801. The van der Waals surface area contributed by atoms with Crippen LogP contribution >= 0.6 is 0 Å². The van der Waals surface area contributed by atoms with E-state index in [0.717, 1.165) is 11.6 Å². The molecule has 0 radical (unpaired) electrons. The van der Waals surface area contributed by atoms with Crippen LogP contribution in [-0.2, 0) is 16.1 Å². The molecule has 0 aliphatic heterocycles. The number of nitrogens with zero attached hydrogens (tertiary/aromatic N) is 1. The van der Waals surface area contributed by atoms with Crippen LogP contribution in [0.4, 0.5) is 11.4 Å². The highest BCUT2D eigenvalue weighted by atomic mass is 16.6. The summed E-state index contributed by atoms with van der Waals surface area (Å²) < 4.78 is 4.93. The Kier molecular flexibility index (Phi) is 6.91. The lowest BCUT2D eigenvalue weighted by molar-refractivity contribution is -0.384. The Morgan fingerprint density at radius 1 is 1.19 bits per heavy atom. The van der Waals surface area contributed by atoms with Crippen molar-refractivity contribution in [1.82, 2.24) is 5.32 Å². The van der Waals surface area contributed by atoms with Crippen LogP contribution in [-0.4, -0.2) is 30.0 Å². The van der Waals surface area contributed by atoms with E-state index in [0.29, 0.717) is 12.2 Å². The molecule has 0 aliphatic rings. The molecule has 2 N–H and O–H groups in total. The zero-order chi connectivity index (χ0) is 19.6. The van der Waals surface area contributed by atoms with Crippen molar-refractivity contribution < 1.29 is 19.2 Å². The van der Waals surface area contributed by atoms with Gasteiger partial charge in [0.2, 0.25) is 0 Å². The Morgan fingerprint density at radius 3 is 2.59 bits per heavy atom. The van der Waals surface area contributed by atoms with Crippen LogP contribution in [0, 0.1) is 22.5 Å². The summed E-state index contributed by atoms with van der Waals surface area (Å²) >= 11 is 0. The number of carbonyl (C=O) groups is 2. The van der Waals surface area contributed by atoms with Gasteiger partial charge in [-0.1, -0.05) is 36.3 Å². The second-order valence-corrected chi connectivity index (χ2v) is 5.38. The molecule has 2 aromatic carbocycles. The first kappa shape index (κ1) is 19.5. The maximum atomic E-state index is 12.3. The van der Waals surface area contributed by atoms with Crippen LogP contribution in [0.3, 0.4) is 0 Å². The van der Waals surface area contributed by atoms with Crippen LogP contribution in [0.2, 0.25) is 0 Å². The molecule has 0 aromatic heterocycles. The van der Waals surface area contributed by atoms with Gasteiger partial charge in [0.25, 0.3) is 11.6 Å². The fraction of sp³-hybridized carbons (Fsp3) is 0.158. The largest absolute Gasteiger partial charge is 0.452 e. The first-order valence-electron chi connectivity index (χ1n) is 7.94. The van der Waals surface area contributed by atoms with Crippen LogP contribution in [0.15, 0.2) is 48.5 Å². The van der Waals surface area contributed by atoms with Crippen molar-refractivity contribution in [3.8, 4) is 12.3 Å². The molecule has 2 aromatic rings. The summed E-state index contributed by atoms with van der Waals surface area (Å²) in [4.78, 5) is 34.2. The zero-order valence-electron chi connectivity index (χ0n) is 14.3. The number of anilines is 1. The fourth-order valence-corrected chi connectivity index (χ4v) is 2.17. The minimum Gasteiger partial charge on any atom is -0.452 e. The smallest absolute Gasteiger partial charge is 0.341 e. The quantitative estimate of drug-likeness (QED) is 0.320. The molecule has 8 heteroatoms. The van der Waals surface area contributed by atoms with E-state index in [2.05, 4.69) is 16.6 Å². The Bertz CT molecular complexity index is 875. The van der Waals surface area contributed by atoms with Crippen LogP contribution < -0.4 is 10.6 Å². The van der Waals surface area contributed by atoms with Crippen LogP contribution in [0.25, 0.3) is 0 Å². The monoisotopic (exact) mass is 367 g/mol. The summed E-state index contributed by atoms with van der Waals surface area (Å²) in [6.45, 7) is -0.125. The molecule has 0 spiro atoms. The van der Waals surface area contributed by atoms with Gasteiger partial charge in [-0.3, -0.25) is 14.9 Å². The first-order chi connectivity index (χ1) is 13.0. The number of hydrogen-bond donors (Lipinski definition) is 2. The number of nitro benzene ring substituents is 1. The third-order valence-electron chi connectivity index (χ3n) is 3.48. The van der Waals surface area contributed by atoms with Gasteiger partial charge in [0.1, 0.15) is 0 Å². The molecule has 0 saturated heterocycles. The van der Waals surface area contributed by atoms with Crippen molar-refractivity contribution in [2.24, 2.45) is 0 Å². The molecule has 0 atom stereocenters. The SMILES string of the molecule is C#CCNC(=O)COC(=O)c1cc([N+](=O)[O-])ccc1NCc1ccccc1. The first-order valence-corrected chi connectivity index (χ1v) is 7.94. The van der Waals surface area contributed by atoms with E-state index in [1.165, 1.54) is 12.1 Å². The molecule has 0 saturated carbocycles. The van der Waals surface area contributed by atoms with Gasteiger partial charge in [-0.25, -0.2) is 4.79 Å². The molecule has 0 fully saturated rings. The minimum absolute atomic E-state index is 0.0110. The number of benzene rings is 2.